The van der Waals surface area contributed by atoms with Gasteiger partial charge in [0.1, 0.15) is 5.75 Å². The maximum absolute atomic E-state index is 5.95. The Bertz CT molecular complexity index is 349. The summed E-state index contributed by atoms with van der Waals surface area (Å²) in [6.45, 7) is 9.46. The Balaban J connectivity index is 2.83. The van der Waals surface area contributed by atoms with Crippen LogP contribution in [0, 0.1) is 12.8 Å². The van der Waals surface area contributed by atoms with Crippen molar-refractivity contribution >= 4 is 0 Å². The Kier molecular flexibility index (Phi) is 5.49. The molecule has 0 bridgehead atoms. The van der Waals surface area contributed by atoms with Gasteiger partial charge in [-0.3, -0.25) is 0 Å². The standard InChI is InChI=1S/C15H25NO/c1-6-11(2)10-17-15-9-12(3)7-8-14(15)13(4)16-5/h7-9,11,13,16H,6,10H2,1-5H3. The molecule has 0 aliphatic rings. The average Bonchev–Trinajstić information content (AvgIpc) is 2.35. The van der Waals surface area contributed by atoms with Crippen LogP contribution in [0.15, 0.2) is 18.2 Å². The lowest BCUT2D eigenvalue weighted by Gasteiger charge is -2.18. The first-order valence-electron chi connectivity index (χ1n) is 6.49. The molecule has 2 heteroatoms. The van der Waals surface area contributed by atoms with Gasteiger partial charge in [0.25, 0.3) is 0 Å². The predicted molar refractivity (Wildman–Crippen MR) is 73.6 cm³/mol. The third kappa shape index (κ3) is 4.04. The Morgan fingerprint density at radius 2 is 2.00 bits per heavy atom. The third-order valence-electron chi connectivity index (χ3n) is 3.29. The second-order valence-corrected chi connectivity index (χ2v) is 4.88. The van der Waals surface area contributed by atoms with Gasteiger partial charge in [-0.2, -0.15) is 0 Å². The summed E-state index contributed by atoms with van der Waals surface area (Å²) in [7, 11) is 1.98. The molecule has 0 fully saturated rings. The van der Waals surface area contributed by atoms with Crippen LogP contribution >= 0.6 is 0 Å². The lowest BCUT2D eigenvalue weighted by Crippen LogP contribution is -2.15. The summed E-state index contributed by atoms with van der Waals surface area (Å²) in [5.41, 5.74) is 2.48. The molecule has 96 valence electrons. The van der Waals surface area contributed by atoms with Crippen molar-refractivity contribution in [3.05, 3.63) is 29.3 Å². The van der Waals surface area contributed by atoms with Crippen molar-refractivity contribution in [1.29, 1.82) is 0 Å². The molecule has 0 spiro atoms. The molecule has 0 saturated carbocycles. The second kappa shape index (κ2) is 6.65. The van der Waals surface area contributed by atoms with Gasteiger partial charge in [0.05, 0.1) is 6.61 Å². The number of nitrogens with one attached hydrogen (secondary N) is 1. The van der Waals surface area contributed by atoms with Crippen LogP contribution in [-0.2, 0) is 0 Å². The van der Waals surface area contributed by atoms with Crippen LogP contribution in [0.3, 0.4) is 0 Å². The molecule has 1 aromatic rings. The van der Waals surface area contributed by atoms with Crippen molar-refractivity contribution in [2.24, 2.45) is 5.92 Å². The first-order valence-corrected chi connectivity index (χ1v) is 6.49. The number of hydrogen-bond donors (Lipinski definition) is 1. The molecule has 1 rings (SSSR count). The number of rotatable bonds is 6. The number of hydrogen-bond acceptors (Lipinski definition) is 2. The Hall–Kier alpha value is -1.02. The minimum Gasteiger partial charge on any atom is -0.493 e. The zero-order chi connectivity index (χ0) is 12.8. The lowest BCUT2D eigenvalue weighted by atomic mass is 10.0. The topological polar surface area (TPSA) is 21.3 Å². The van der Waals surface area contributed by atoms with Gasteiger partial charge < -0.3 is 10.1 Å². The largest absolute Gasteiger partial charge is 0.493 e. The predicted octanol–water partition coefficient (Wildman–Crippen LogP) is 3.70. The summed E-state index contributed by atoms with van der Waals surface area (Å²) in [4.78, 5) is 0. The summed E-state index contributed by atoms with van der Waals surface area (Å²) in [6.07, 6.45) is 1.16. The van der Waals surface area contributed by atoms with Crippen molar-refractivity contribution in [3.63, 3.8) is 0 Å². The minimum absolute atomic E-state index is 0.322. The SMILES string of the molecule is CCC(C)COc1cc(C)ccc1C(C)NC. The first kappa shape index (κ1) is 14.0. The van der Waals surface area contributed by atoms with Crippen LogP contribution in [0.4, 0.5) is 0 Å². The molecule has 17 heavy (non-hydrogen) atoms. The number of ether oxygens (including phenoxy) is 1. The van der Waals surface area contributed by atoms with E-state index in [4.69, 9.17) is 4.74 Å². The van der Waals surface area contributed by atoms with E-state index < -0.39 is 0 Å². The highest BCUT2D eigenvalue weighted by molar-refractivity contribution is 5.39. The first-order chi connectivity index (χ1) is 8.08. The van der Waals surface area contributed by atoms with Crippen molar-refractivity contribution < 1.29 is 4.74 Å². The molecular weight excluding hydrogens is 210 g/mol. The van der Waals surface area contributed by atoms with Gasteiger partial charge in [0, 0.05) is 11.6 Å². The van der Waals surface area contributed by atoms with E-state index >= 15 is 0 Å². The molecule has 0 aliphatic carbocycles. The van der Waals surface area contributed by atoms with Gasteiger partial charge in [0.15, 0.2) is 0 Å². The van der Waals surface area contributed by atoms with E-state index in [1.54, 1.807) is 0 Å². The van der Waals surface area contributed by atoms with Gasteiger partial charge in [-0.05, 0) is 38.4 Å². The summed E-state index contributed by atoms with van der Waals surface area (Å²) in [5.74, 6) is 1.63. The molecule has 1 aromatic carbocycles. The zero-order valence-electron chi connectivity index (χ0n) is 11.7. The van der Waals surface area contributed by atoms with Crippen molar-refractivity contribution in [1.82, 2.24) is 5.32 Å². The number of aryl methyl sites for hydroxylation is 1. The Labute approximate surface area is 105 Å². The molecule has 0 amide bonds. The fourth-order valence-corrected chi connectivity index (χ4v) is 1.63. The van der Waals surface area contributed by atoms with Gasteiger partial charge in [-0.15, -0.1) is 0 Å². The molecule has 0 aliphatic heterocycles. The molecule has 2 unspecified atom stereocenters. The van der Waals surface area contributed by atoms with E-state index in [1.807, 2.05) is 7.05 Å². The normalized spacial score (nSPS) is 14.4. The monoisotopic (exact) mass is 235 g/mol. The van der Waals surface area contributed by atoms with E-state index in [-0.39, 0.29) is 0 Å². The van der Waals surface area contributed by atoms with E-state index in [0.29, 0.717) is 12.0 Å². The molecule has 0 saturated heterocycles. The maximum Gasteiger partial charge on any atom is 0.124 e. The van der Waals surface area contributed by atoms with Crippen LogP contribution in [0.1, 0.15) is 44.4 Å². The van der Waals surface area contributed by atoms with Crippen LogP contribution in [-0.4, -0.2) is 13.7 Å². The highest BCUT2D eigenvalue weighted by Crippen LogP contribution is 2.26. The smallest absolute Gasteiger partial charge is 0.124 e. The van der Waals surface area contributed by atoms with Crippen LogP contribution in [0.5, 0.6) is 5.75 Å². The van der Waals surface area contributed by atoms with Gasteiger partial charge in [0.2, 0.25) is 0 Å². The number of benzene rings is 1. The summed E-state index contributed by atoms with van der Waals surface area (Å²) < 4.78 is 5.95. The minimum atomic E-state index is 0.322. The second-order valence-electron chi connectivity index (χ2n) is 4.88. The average molecular weight is 235 g/mol. The fourth-order valence-electron chi connectivity index (χ4n) is 1.63. The van der Waals surface area contributed by atoms with Crippen LogP contribution in [0.25, 0.3) is 0 Å². The van der Waals surface area contributed by atoms with Crippen LogP contribution in [0.2, 0.25) is 0 Å². The highest BCUT2D eigenvalue weighted by Gasteiger charge is 2.11. The molecular formula is C15H25NO. The van der Waals surface area contributed by atoms with E-state index in [0.717, 1.165) is 18.8 Å². The zero-order valence-corrected chi connectivity index (χ0v) is 11.7. The molecule has 2 atom stereocenters. The third-order valence-corrected chi connectivity index (χ3v) is 3.29. The summed E-state index contributed by atoms with van der Waals surface area (Å²) in [5, 5.41) is 3.26. The van der Waals surface area contributed by atoms with E-state index in [1.165, 1.54) is 11.1 Å². The van der Waals surface area contributed by atoms with Crippen molar-refractivity contribution in [2.75, 3.05) is 13.7 Å². The molecule has 0 radical (unpaired) electrons. The molecule has 0 heterocycles. The highest BCUT2D eigenvalue weighted by atomic mass is 16.5. The lowest BCUT2D eigenvalue weighted by molar-refractivity contribution is 0.252. The molecule has 2 nitrogen and oxygen atoms in total. The van der Waals surface area contributed by atoms with Gasteiger partial charge in [-0.25, -0.2) is 0 Å². The van der Waals surface area contributed by atoms with E-state index in [9.17, 15) is 0 Å². The van der Waals surface area contributed by atoms with Crippen LogP contribution < -0.4 is 10.1 Å². The van der Waals surface area contributed by atoms with Crippen molar-refractivity contribution in [3.8, 4) is 5.75 Å². The molecule has 0 aromatic heterocycles. The summed E-state index contributed by atoms with van der Waals surface area (Å²) >= 11 is 0. The molecule has 1 N–H and O–H groups in total. The Morgan fingerprint density at radius 3 is 2.59 bits per heavy atom. The Morgan fingerprint density at radius 1 is 1.29 bits per heavy atom. The van der Waals surface area contributed by atoms with Crippen molar-refractivity contribution in [2.45, 2.75) is 40.2 Å². The van der Waals surface area contributed by atoms with E-state index in [2.05, 4.69) is 51.2 Å². The maximum atomic E-state index is 5.95. The summed E-state index contributed by atoms with van der Waals surface area (Å²) in [6, 6.07) is 6.75. The van der Waals surface area contributed by atoms with Gasteiger partial charge in [-0.1, -0.05) is 32.4 Å². The quantitative estimate of drug-likeness (QED) is 0.811. The fraction of sp³-hybridized carbons (Fsp3) is 0.600. The van der Waals surface area contributed by atoms with Gasteiger partial charge >= 0.3 is 0 Å².